The van der Waals surface area contributed by atoms with E-state index in [1.807, 2.05) is 31.2 Å². The third-order valence-electron chi connectivity index (χ3n) is 1.70. The molecule has 1 atom stereocenters. The fraction of sp³-hybridized carbons (Fsp3) is 0.300. The molecule has 0 N–H and O–H groups in total. The van der Waals surface area contributed by atoms with Crippen molar-refractivity contribution in [2.24, 2.45) is 5.92 Å². The van der Waals surface area contributed by atoms with E-state index in [1.54, 1.807) is 0 Å². The molecule has 2 heteroatoms. The van der Waals surface area contributed by atoms with Gasteiger partial charge < -0.3 is 4.79 Å². The molecule has 1 rings (SSSR count). The van der Waals surface area contributed by atoms with Gasteiger partial charge >= 0.3 is 0 Å². The molecule has 1 nitrogen and oxygen atoms in total. The highest BCUT2D eigenvalue weighted by molar-refractivity contribution is 9.10. The number of rotatable bonds is 3. The molecule has 0 spiro atoms. The highest BCUT2D eigenvalue weighted by Crippen LogP contribution is 2.12. The van der Waals surface area contributed by atoms with E-state index < -0.39 is 0 Å². The van der Waals surface area contributed by atoms with Gasteiger partial charge in [-0.05, 0) is 24.1 Å². The molecule has 12 heavy (non-hydrogen) atoms. The molecule has 0 aliphatic rings. The Labute approximate surface area is 80.9 Å². The summed E-state index contributed by atoms with van der Waals surface area (Å²) >= 11 is 3.36. The van der Waals surface area contributed by atoms with Crippen LogP contribution in [0.25, 0.3) is 0 Å². The summed E-state index contributed by atoms with van der Waals surface area (Å²) in [5, 5.41) is 0. The first-order valence-electron chi connectivity index (χ1n) is 3.92. The molecule has 0 saturated heterocycles. The van der Waals surface area contributed by atoms with Crippen LogP contribution in [0.5, 0.6) is 0 Å². The van der Waals surface area contributed by atoms with Crippen LogP contribution in [0.3, 0.4) is 0 Å². The van der Waals surface area contributed by atoms with Crippen molar-refractivity contribution in [1.82, 2.24) is 0 Å². The summed E-state index contributed by atoms with van der Waals surface area (Å²) in [5.74, 6) is 0.117. The number of aldehydes is 1. The molecule has 0 aliphatic heterocycles. The van der Waals surface area contributed by atoms with Crippen LogP contribution in [0.2, 0.25) is 0 Å². The van der Waals surface area contributed by atoms with Crippen LogP contribution < -0.4 is 0 Å². The Morgan fingerprint density at radius 3 is 2.50 bits per heavy atom. The molecular formula is C10H11BrO. The predicted molar refractivity (Wildman–Crippen MR) is 53.1 cm³/mol. The zero-order valence-corrected chi connectivity index (χ0v) is 8.54. The zero-order valence-electron chi connectivity index (χ0n) is 6.96. The van der Waals surface area contributed by atoms with Crippen molar-refractivity contribution < 1.29 is 4.79 Å². The number of hydrogen-bond acceptors (Lipinski definition) is 1. The van der Waals surface area contributed by atoms with Crippen molar-refractivity contribution in [3.05, 3.63) is 34.3 Å². The fourth-order valence-electron chi connectivity index (χ4n) is 1.04. The summed E-state index contributed by atoms with van der Waals surface area (Å²) < 4.78 is 1.07. The van der Waals surface area contributed by atoms with Crippen LogP contribution in [-0.4, -0.2) is 6.29 Å². The van der Waals surface area contributed by atoms with E-state index in [-0.39, 0.29) is 5.92 Å². The van der Waals surface area contributed by atoms with E-state index in [0.29, 0.717) is 0 Å². The second kappa shape index (κ2) is 4.41. The van der Waals surface area contributed by atoms with Gasteiger partial charge in [-0.3, -0.25) is 0 Å². The third kappa shape index (κ3) is 2.78. The molecular weight excluding hydrogens is 216 g/mol. The maximum Gasteiger partial charge on any atom is 0.123 e. The Hall–Kier alpha value is -0.630. The molecule has 0 heterocycles. The van der Waals surface area contributed by atoms with Gasteiger partial charge in [-0.2, -0.15) is 0 Å². The van der Waals surface area contributed by atoms with Crippen molar-refractivity contribution >= 4 is 22.2 Å². The second-order valence-electron chi connectivity index (χ2n) is 2.94. The van der Waals surface area contributed by atoms with E-state index >= 15 is 0 Å². The summed E-state index contributed by atoms with van der Waals surface area (Å²) in [6, 6.07) is 8.05. The van der Waals surface area contributed by atoms with Gasteiger partial charge in [0.15, 0.2) is 0 Å². The molecule has 0 aliphatic carbocycles. The highest BCUT2D eigenvalue weighted by atomic mass is 79.9. The van der Waals surface area contributed by atoms with E-state index in [1.165, 1.54) is 5.56 Å². The smallest absolute Gasteiger partial charge is 0.123 e. The monoisotopic (exact) mass is 226 g/mol. The van der Waals surface area contributed by atoms with Crippen molar-refractivity contribution in [3.8, 4) is 0 Å². The number of hydrogen-bond donors (Lipinski definition) is 0. The lowest BCUT2D eigenvalue weighted by atomic mass is 10.0. The minimum Gasteiger partial charge on any atom is -0.303 e. The number of halogens is 1. The third-order valence-corrected chi connectivity index (χ3v) is 2.23. The fourth-order valence-corrected chi connectivity index (χ4v) is 1.30. The molecule has 1 aromatic rings. The Balaban J connectivity index is 2.64. The first kappa shape index (κ1) is 9.46. The molecule has 0 saturated carbocycles. The molecule has 0 fully saturated rings. The Morgan fingerprint density at radius 2 is 2.00 bits per heavy atom. The van der Waals surface area contributed by atoms with Crippen LogP contribution in [-0.2, 0) is 11.2 Å². The van der Waals surface area contributed by atoms with E-state index in [2.05, 4.69) is 15.9 Å². The zero-order chi connectivity index (χ0) is 8.97. The number of carbonyl (C=O) groups is 1. The summed E-state index contributed by atoms with van der Waals surface area (Å²) in [7, 11) is 0. The molecule has 0 amide bonds. The first-order valence-corrected chi connectivity index (χ1v) is 4.71. The minimum absolute atomic E-state index is 0.117. The van der Waals surface area contributed by atoms with Crippen LogP contribution in [0.15, 0.2) is 28.7 Å². The number of benzene rings is 1. The van der Waals surface area contributed by atoms with E-state index in [0.717, 1.165) is 17.2 Å². The van der Waals surface area contributed by atoms with E-state index in [4.69, 9.17) is 0 Å². The SMILES string of the molecule is C[C@@H](C=O)Cc1ccc(Br)cc1. The lowest BCUT2D eigenvalue weighted by molar-refractivity contribution is -0.110. The normalized spacial score (nSPS) is 12.5. The van der Waals surface area contributed by atoms with Crippen LogP contribution in [0.1, 0.15) is 12.5 Å². The Bertz CT molecular complexity index is 253. The van der Waals surface area contributed by atoms with Gasteiger partial charge in [0.25, 0.3) is 0 Å². The topological polar surface area (TPSA) is 17.1 Å². The predicted octanol–water partition coefficient (Wildman–Crippen LogP) is 2.83. The standard InChI is InChI=1S/C10H11BrO/c1-8(7-12)6-9-2-4-10(11)5-3-9/h2-5,7-8H,6H2,1H3/t8-/m1/s1. The largest absolute Gasteiger partial charge is 0.303 e. The minimum atomic E-state index is 0.117. The van der Waals surface area contributed by atoms with Crippen molar-refractivity contribution in [3.63, 3.8) is 0 Å². The molecule has 0 radical (unpaired) electrons. The summed E-state index contributed by atoms with van der Waals surface area (Å²) in [6.07, 6.45) is 1.82. The lowest BCUT2D eigenvalue weighted by Gasteiger charge is -2.02. The Kier molecular flexibility index (Phi) is 3.48. The van der Waals surface area contributed by atoms with Crippen LogP contribution in [0.4, 0.5) is 0 Å². The van der Waals surface area contributed by atoms with Crippen LogP contribution >= 0.6 is 15.9 Å². The highest BCUT2D eigenvalue weighted by Gasteiger charge is 2.00. The Morgan fingerprint density at radius 1 is 1.42 bits per heavy atom. The lowest BCUT2D eigenvalue weighted by Crippen LogP contribution is -1.99. The molecule has 0 bridgehead atoms. The van der Waals surface area contributed by atoms with Crippen molar-refractivity contribution in [1.29, 1.82) is 0 Å². The number of carbonyl (C=O) groups excluding carboxylic acids is 1. The van der Waals surface area contributed by atoms with Crippen molar-refractivity contribution in [2.45, 2.75) is 13.3 Å². The summed E-state index contributed by atoms with van der Waals surface area (Å²) in [4.78, 5) is 10.4. The average Bonchev–Trinajstić information content (AvgIpc) is 2.09. The average molecular weight is 227 g/mol. The molecule has 64 valence electrons. The summed E-state index contributed by atoms with van der Waals surface area (Å²) in [6.45, 7) is 1.93. The van der Waals surface area contributed by atoms with Gasteiger partial charge in [0.1, 0.15) is 6.29 Å². The van der Waals surface area contributed by atoms with Gasteiger partial charge in [-0.1, -0.05) is 35.0 Å². The van der Waals surface area contributed by atoms with Gasteiger partial charge in [0.2, 0.25) is 0 Å². The quantitative estimate of drug-likeness (QED) is 0.725. The van der Waals surface area contributed by atoms with Gasteiger partial charge in [-0.25, -0.2) is 0 Å². The van der Waals surface area contributed by atoms with Gasteiger partial charge in [-0.15, -0.1) is 0 Å². The van der Waals surface area contributed by atoms with Crippen LogP contribution in [0, 0.1) is 5.92 Å². The molecule has 1 aromatic carbocycles. The maximum atomic E-state index is 10.4. The summed E-state index contributed by atoms with van der Waals surface area (Å²) in [5.41, 5.74) is 1.21. The van der Waals surface area contributed by atoms with Gasteiger partial charge in [0, 0.05) is 10.4 Å². The first-order chi connectivity index (χ1) is 5.72. The van der Waals surface area contributed by atoms with E-state index in [9.17, 15) is 4.79 Å². The molecule has 0 unspecified atom stereocenters. The molecule has 0 aromatic heterocycles. The van der Waals surface area contributed by atoms with Crippen molar-refractivity contribution in [2.75, 3.05) is 0 Å². The maximum absolute atomic E-state index is 10.4. The van der Waals surface area contributed by atoms with Gasteiger partial charge in [0.05, 0.1) is 0 Å². The second-order valence-corrected chi connectivity index (χ2v) is 3.86.